The van der Waals surface area contributed by atoms with Gasteiger partial charge >= 0.3 is 5.97 Å². The molecule has 0 N–H and O–H groups in total. The van der Waals surface area contributed by atoms with Crippen molar-refractivity contribution in [3.63, 3.8) is 0 Å². The second-order valence-corrected chi connectivity index (χ2v) is 3.93. The first-order chi connectivity index (χ1) is 7.56. The summed E-state index contributed by atoms with van der Waals surface area (Å²) in [6.07, 6.45) is 2.85. The third-order valence-electron chi connectivity index (χ3n) is 1.73. The Morgan fingerprint density at radius 1 is 1.38 bits per heavy atom. The van der Waals surface area contributed by atoms with E-state index >= 15 is 0 Å². The summed E-state index contributed by atoms with van der Waals surface area (Å²) in [7, 11) is 0. The molecule has 1 unspecified atom stereocenters. The van der Waals surface area contributed by atoms with E-state index in [1.807, 2.05) is 6.07 Å². The fraction of sp³-hybridized carbons (Fsp3) is 0.250. The van der Waals surface area contributed by atoms with Crippen molar-refractivity contribution >= 4 is 17.6 Å². The number of hydrogen-bond acceptors (Lipinski definition) is 3. The van der Waals surface area contributed by atoms with Crippen molar-refractivity contribution in [2.75, 3.05) is 0 Å². The number of halogens is 1. The van der Waals surface area contributed by atoms with Gasteiger partial charge in [-0.1, -0.05) is 35.9 Å². The Bertz CT molecular complexity index is 371. The van der Waals surface area contributed by atoms with Crippen molar-refractivity contribution in [1.29, 1.82) is 0 Å². The monoisotopic (exact) mass is 240 g/mol. The number of para-hydroxylation sites is 1. The number of ether oxygens (including phenoxy) is 2. The number of carbonyl (C=O) groups excluding carboxylic acids is 1. The lowest BCUT2D eigenvalue weighted by atomic mass is 10.3. The van der Waals surface area contributed by atoms with Crippen molar-refractivity contribution in [3.8, 4) is 5.75 Å². The maximum absolute atomic E-state index is 11.5. The lowest BCUT2D eigenvalue weighted by Crippen LogP contribution is -2.36. The Labute approximate surface area is 99.6 Å². The van der Waals surface area contributed by atoms with Crippen LogP contribution < -0.4 is 4.74 Å². The Morgan fingerprint density at radius 3 is 2.56 bits per heavy atom. The maximum atomic E-state index is 11.5. The fourth-order valence-electron chi connectivity index (χ4n) is 0.987. The molecule has 16 heavy (non-hydrogen) atoms. The summed E-state index contributed by atoms with van der Waals surface area (Å²) >= 11 is 5.93. The van der Waals surface area contributed by atoms with E-state index in [0.717, 1.165) is 0 Å². The van der Waals surface area contributed by atoms with Gasteiger partial charge in [0.1, 0.15) is 5.75 Å². The molecular weight excluding hydrogens is 228 g/mol. The van der Waals surface area contributed by atoms with Gasteiger partial charge in [0.15, 0.2) is 0 Å². The number of benzene rings is 1. The molecule has 0 aliphatic heterocycles. The van der Waals surface area contributed by atoms with Crippen LogP contribution in [-0.4, -0.2) is 11.0 Å². The molecule has 86 valence electrons. The predicted octanol–water partition coefficient (Wildman–Crippen LogP) is 3.10. The molecular formula is C12H13ClO3. The van der Waals surface area contributed by atoms with Crippen LogP contribution in [0.3, 0.4) is 0 Å². The predicted molar refractivity (Wildman–Crippen MR) is 62.2 cm³/mol. The lowest BCUT2D eigenvalue weighted by Gasteiger charge is -2.20. The molecule has 1 aromatic carbocycles. The first kappa shape index (κ1) is 12.6. The molecule has 0 heterocycles. The Kier molecular flexibility index (Phi) is 4.38. The highest BCUT2D eigenvalue weighted by atomic mass is 35.5. The second kappa shape index (κ2) is 5.56. The molecule has 0 amide bonds. The zero-order valence-corrected chi connectivity index (χ0v) is 9.90. The van der Waals surface area contributed by atoms with Gasteiger partial charge in [-0.05, 0) is 19.1 Å². The van der Waals surface area contributed by atoms with Crippen molar-refractivity contribution in [3.05, 3.63) is 42.7 Å². The molecule has 0 fully saturated rings. The molecule has 0 radical (unpaired) electrons. The summed E-state index contributed by atoms with van der Waals surface area (Å²) in [4.78, 5) is 11.5. The zero-order chi connectivity index (χ0) is 12.0. The molecule has 1 rings (SSSR count). The molecule has 3 nitrogen and oxygen atoms in total. The molecule has 0 aromatic heterocycles. The molecule has 4 heteroatoms. The van der Waals surface area contributed by atoms with E-state index in [9.17, 15) is 4.79 Å². The average Bonchev–Trinajstić information content (AvgIpc) is 2.26. The number of alkyl halides is 1. The number of carbonyl (C=O) groups is 1. The molecule has 0 spiro atoms. The molecule has 0 aliphatic carbocycles. The zero-order valence-electron chi connectivity index (χ0n) is 9.14. The van der Waals surface area contributed by atoms with Gasteiger partial charge in [-0.25, -0.2) is 4.79 Å². The smallest absolute Gasteiger partial charge is 0.371 e. The highest BCUT2D eigenvalue weighted by Gasteiger charge is 2.34. The van der Waals surface area contributed by atoms with Crippen LogP contribution in [0.15, 0.2) is 42.7 Å². The quantitative estimate of drug-likeness (QED) is 0.461. The third kappa shape index (κ3) is 3.59. The van der Waals surface area contributed by atoms with Crippen LogP contribution in [0.1, 0.15) is 13.8 Å². The summed E-state index contributed by atoms with van der Waals surface area (Å²) in [5.41, 5.74) is 0. The van der Waals surface area contributed by atoms with Crippen molar-refractivity contribution in [1.82, 2.24) is 0 Å². The van der Waals surface area contributed by atoms with Crippen molar-refractivity contribution in [2.24, 2.45) is 0 Å². The van der Waals surface area contributed by atoms with Crippen molar-refractivity contribution < 1.29 is 14.3 Å². The lowest BCUT2D eigenvalue weighted by molar-refractivity contribution is -0.148. The Morgan fingerprint density at radius 2 is 2.00 bits per heavy atom. The van der Waals surface area contributed by atoms with E-state index in [2.05, 4.69) is 0 Å². The van der Waals surface area contributed by atoms with Gasteiger partial charge in [0.25, 0.3) is 5.06 Å². The number of esters is 1. The van der Waals surface area contributed by atoms with E-state index in [1.54, 1.807) is 37.3 Å². The van der Waals surface area contributed by atoms with Gasteiger partial charge in [0, 0.05) is 6.92 Å². The third-order valence-corrected chi connectivity index (χ3v) is 1.96. The maximum Gasteiger partial charge on any atom is 0.371 e. The van der Waals surface area contributed by atoms with E-state index in [4.69, 9.17) is 21.1 Å². The largest absolute Gasteiger partial charge is 0.461 e. The van der Waals surface area contributed by atoms with E-state index in [0.29, 0.717) is 5.75 Å². The van der Waals surface area contributed by atoms with Crippen LogP contribution in [0, 0.1) is 0 Å². The van der Waals surface area contributed by atoms with E-state index in [1.165, 1.54) is 13.2 Å². The Balaban J connectivity index is 2.67. The number of rotatable bonds is 4. The highest BCUT2D eigenvalue weighted by molar-refractivity contribution is 6.32. The van der Waals surface area contributed by atoms with Crippen molar-refractivity contribution in [2.45, 2.75) is 18.9 Å². The van der Waals surface area contributed by atoms with Gasteiger partial charge < -0.3 is 9.47 Å². The highest BCUT2D eigenvalue weighted by Crippen LogP contribution is 2.23. The van der Waals surface area contributed by atoms with E-state index in [-0.39, 0.29) is 0 Å². The van der Waals surface area contributed by atoms with Gasteiger partial charge in [-0.2, -0.15) is 0 Å². The molecule has 0 aliphatic rings. The number of hydrogen-bond donors (Lipinski definition) is 0. The van der Waals surface area contributed by atoms with Gasteiger partial charge in [0.05, 0.1) is 6.26 Å². The summed E-state index contributed by atoms with van der Waals surface area (Å²) in [5.74, 6) is -0.145. The number of allylic oxidation sites excluding steroid dienone is 1. The van der Waals surface area contributed by atoms with Crippen LogP contribution in [-0.2, 0) is 9.53 Å². The summed E-state index contributed by atoms with van der Waals surface area (Å²) in [6.45, 7) is 3.17. The van der Waals surface area contributed by atoms with Gasteiger partial charge in [-0.15, -0.1) is 0 Å². The first-order valence-electron chi connectivity index (χ1n) is 4.81. The minimum absolute atomic E-state index is 0.512. The average molecular weight is 241 g/mol. The molecule has 0 bridgehead atoms. The molecule has 1 atom stereocenters. The minimum atomic E-state index is -1.53. The molecule has 0 saturated heterocycles. The Hall–Kier alpha value is -1.48. The normalized spacial score (nSPS) is 14.4. The molecule has 0 saturated carbocycles. The summed E-state index contributed by atoms with van der Waals surface area (Å²) in [6, 6.07) is 8.85. The van der Waals surface area contributed by atoms with E-state index < -0.39 is 11.0 Å². The van der Waals surface area contributed by atoms with Crippen LogP contribution in [0.5, 0.6) is 5.75 Å². The fourth-order valence-corrected chi connectivity index (χ4v) is 1.12. The topological polar surface area (TPSA) is 35.5 Å². The SMILES string of the molecule is CC=COC(=O)C(C)(Cl)Oc1ccccc1. The first-order valence-corrected chi connectivity index (χ1v) is 5.19. The second-order valence-electron chi connectivity index (χ2n) is 3.21. The van der Waals surface area contributed by atoms with Crippen LogP contribution in [0.2, 0.25) is 0 Å². The standard InChI is InChI=1S/C12H13ClO3/c1-3-9-15-11(14)12(2,13)16-10-7-5-4-6-8-10/h3-9H,1-2H3. The van der Waals surface area contributed by atoms with Gasteiger partial charge in [0.2, 0.25) is 0 Å². The minimum Gasteiger partial charge on any atom is -0.461 e. The molecule has 1 aromatic rings. The summed E-state index contributed by atoms with van der Waals surface area (Å²) in [5, 5.41) is -1.53. The van der Waals surface area contributed by atoms with Gasteiger partial charge in [-0.3, -0.25) is 0 Å². The summed E-state index contributed by atoms with van der Waals surface area (Å²) < 4.78 is 10.1. The van der Waals surface area contributed by atoms with Crippen LogP contribution in [0.25, 0.3) is 0 Å². The van der Waals surface area contributed by atoms with Crippen LogP contribution in [0.4, 0.5) is 0 Å². The van der Waals surface area contributed by atoms with Crippen LogP contribution >= 0.6 is 11.6 Å².